The molecule has 1 aliphatic carbocycles. The van der Waals surface area contributed by atoms with E-state index in [1.807, 2.05) is 0 Å². The molecule has 1 fully saturated rings. The predicted octanol–water partition coefficient (Wildman–Crippen LogP) is 3.46. The largest absolute Gasteiger partial charge is 0.464 e. The molecule has 4 rings (SSSR count). The second kappa shape index (κ2) is 9.33. The van der Waals surface area contributed by atoms with Crippen LogP contribution >= 0.6 is 0 Å². The normalized spacial score (nSPS) is 21.7. The predicted molar refractivity (Wildman–Crippen MR) is 119 cm³/mol. The van der Waals surface area contributed by atoms with E-state index < -0.39 is 23.2 Å². The van der Waals surface area contributed by atoms with Crippen LogP contribution in [0.1, 0.15) is 72.8 Å². The number of aromatic nitrogens is 2. The van der Waals surface area contributed by atoms with Crippen molar-refractivity contribution in [3.8, 4) is 0 Å². The molecular weight excluding hydrogens is 427 g/mol. The number of para-hydroxylation sites is 1. The number of fused-ring (bicyclic) bond motifs is 1. The SMILES string of the molecule is COC(=O)c1cc2n(n1)C[C@](C)(C(=O)NC1CCCCCCC1)N(c1ccccc1F)C2=O. The quantitative estimate of drug-likeness (QED) is 0.712. The first-order chi connectivity index (χ1) is 15.8. The standard InChI is InChI=1S/C24H29FN4O4/c1-24(23(32)26-16-10-6-4-3-5-7-11-16)15-28-20(14-18(27-28)22(31)33-2)21(30)29(24)19-13-9-8-12-17(19)25/h8-9,12-14,16H,3-7,10-11,15H2,1-2H3,(H,26,32)/t24-/m1/s1. The lowest BCUT2D eigenvalue weighted by molar-refractivity contribution is -0.127. The lowest BCUT2D eigenvalue weighted by atomic mass is 9.91. The molecule has 0 unspecified atom stereocenters. The van der Waals surface area contributed by atoms with Crippen LogP contribution in [0.5, 0.6) is 0 Å². The molecule has 9 heteroatoms. The first-order valence-electron chi connectivity index (χ1n) is 11.4. The van der Waals surface area contributed by atoms with Crippen LogP contribution in [0.3, 0.4) is 0 Å². The van der Waals surface area contributed by atoms with Gasteiger partial charge in [0.2, 0.25) is 5.91 Å². The minimum atomic E-state index is -1.45. The van der Waals surface area contributed by atoms with Crippen molar-refractivity contribution in [3.63, 3.8) is 0 Å². The molecule has 2 amide bonds. The zero-order valence-corrected chi connectivity index (χ0v) is 19.0. The van der Waals surface area contributed by atoms with Gasteiger partial charge in [-0.2, -0.15) is 5.10 Å². The van der Waals surface area contributed by atoms with Crippen molar-refractivity contribution >= 4 is 23.5 Å². The number of amides is 2. The molecule has 33 heavy (non-hydrogen) atoms. The van der Waals surface area contributed by atoms with Crippen LogP contribution in [0, 0.1) is 5.82 Å². The average Bonchev–Trinajstić information content (AvgIpc) is 3.20. The Labute approximate surface area is 192 Å². The number of carbonyl (C=O) groups is 3. The molecule has 0 spiro atoms. The molecule has 0 bridgehead atoms. The van der Waals surface area contributed by atoms with Gasteiger partial charge in [-0.3, -0.25) is 19.2 Å². The zero-order chi connectivity index (χ0) is 23.6. The number of hydrogen-bond acceptors (Lipinski definition) is 5. The fourth-order valence-corrected chi connectivity index (χ4v) is 4.74. The van der Waals surface area contributed by atoms with Crippen LogP contribution in [0.25, 0.3) is 0 Å². The summed E-state index contributed by atoms with van der Waals surface area (Å²) < 4.78 is 20.9. The number of esters is 1. The van der Waals surface area contributed by atoms with Crippen molar-refractivity contribution in [2.45, 2.75) is 70.0 Å². The Morgan fingerprint density at radius 3 is 2.48 bits per heavy atom. The molecule has 1 atom stereocenters. The molecule has 1 aliphatic heterocycles. The van der Waals surface area contributed by atoms with Crippen molar-refractivity contribution in [1.29, 1.82) is 0 Å². The third-order valence-corrected chi connectivity index (χ3v) is 6.57. The Kier molecular flexibility index (Phi) is 6.49. The van der Waals surface area contributed by atoms with Crippen molar-refractivity contribution < 1.29 is 23.5 Å². The molecule has 8 nitrogen and oxygen atoms in total. The minimum absolute atomic E-state index is 0.00292. The monoisotopic (exact) mass is 456 g/mol. The second-order valence-electron chi connectivity index (χ2n) is 8.95. The highest BCUT2D eigenvalue weighted by molar-refractivity contribution is 6.12. The number of nitrogens with zero attached hydrogens (tertiary/aromatic N) is 3. The van der Waals surface area contributed by atoms with Crippen molar-refractivity contribution in [2.24, 2.45) is 0 Å². The van der Waals surface area contributed by atoms with E-state index in [9.17, 15) is 18.8 Å². The Morgan fingerprint density at radius 2 is 1.82 bits per heavy atom. The van der Waals surface area contributed by atoms with Crippen LogP contribution in [-0.4, -0.2) is 46.3 Å². The average molecular weight is 457 g/mol. The van der Waals surface area contributed by atoms with Crippen molar-refractivity contribution in [3.05, 3.63) is 47.5 Å². The summed E-state index contributed by atoms with van der Waals surface area (Å²) in [6.07, 6.45) is 7.28. The van der Waals surface area contributed by atoms with E-state index in [1.54, 1.807) is 13.0 Å². The lowest BCUT2D eigenvalue weighted by Crippen LogP contribution is -2.65. The van der Waals surface area contributed by atoms with Crippen LogP contribution in [0.15, 0.2) is 30.3 Å². The summed E-state index contributed by atoms with van der Waals surface area (Å²) in [5.41, 5.74) is -1.40. The maximum atomic E-state index is 14.9. The highest BCUT2D eigenvalue weighted by Gasteiger charge is 2.50. The topological polar surface area (TPSA) is 93.5 Å². The zero-order valence-electron chi connectivity index (χ0n) is 19.0. The van der Waals surface area contributed by atoms with Crippen molar-refractivity contribution in [2.75, 3.05) is 12.0 Å². The van der Waals surface area contributed by atoms with Crippen LogP contribution in [0.4, 0.5) is 10.1 Å². The highest BCUT2D eigenvalue weighted by Crippen LogP contribution is 2.34. The van der Waals surface area contributed by atoms with Gasteiger partial charge in [-0.25, -0.2) is 9.18 Å². The van der Waals surface area contributed by atoms with Gasteiger partial charge in [0.1, 0.15) is 17.1 Å². The van der Waals surface area contributed by atoms with Gasteiger partial charge in [0.25, 0.3) is 5.91 Å². The van der Waals surface area contributed by atoms with Crippen molar-refractivity contribution in [1.82, 2.24) is 15.1 Å². The summed E-state index contributed by atoms with van der Waals surface area (Å²) in [5.74, 6) is -2.28. The maximum absolute atomic E-state index is 14.9. The molecule has 176 valence electrons. The van der Waals surface area contributed by atoms with E-state index in [-0.39, 0.29) is 35.6 Å². The van der Waals surface area contributed by atoms with Crippen LogP contribution in [-0.2, 0) is 16.1 Å². The van der Waals surface area contributed by atoms with E-state index in [0.717, 1.165) is 38.5 Å². The van der Waals surface area contributed by atoms with Gasteiger partial charge in [0.05, 0.1) is 19.3 Å². The third-order valence-electron chi connectivity index (χ3n) is 6.57. The third kappa shape index (κ3) is 4.36. The van der Waals surface area contributed by atoms with Gasteiger partial charge < -0.3 is 10.1 Å². The summed E-state index contributed by atoms with van der Waals surface area (Å²) in [6.45, 7) is 1.58. The van der Waals surface area contributed by atoms with Gasteiger partial charge in [0, 0.05) is 12.1 Å². The fraction of sp³-hybridized carbons (Fsp3) is 0.500. The molecule has 1 saturated carbocycles. The summed E-state index contributed by atoms with van der Waals surface area (Å²) in [7, 11) is 1.22. The molecule has 0 radical (unpaired) electrons. The molecule has 2 heterocycles. The minimum Gasteiger partial charge on any atom is -0.464 e. The van der Waals surface area contributed by atoms with E-state index in [2.05, 4.69) is 10.4 Å². The summed E-state index contributed by atoms with van der Waals surface area (Å²) in [5, 5.41) is 7.32. The Hall–Kier alpha value is -3.23. The fourth-order valence-electron chi connectivity index (χ4n) is 4.74. The number of halogens is 1. The molecule has 1 aromatic heterocycles. The number of hydrogen-bond donors (Lipinski definition) is 1. The van der Waals surface area contributed by atoms with E-state index in [4.69, 9.17) is 4.74 Å². The lowest BCUT2D eigenvalue weighted by Gasteiger charge is -2.43. The van der Waals surface area contributed by atoms with E-state index in [1.165, 1.54) is 47.4 Å². The van der Waals surface area contributed by atoms with E-state index in [0.29, 0.717) is 0 Å². The molecule has 1 N–H and O–H groups in total. The molecule has 2 aromatic rings. The number of carbonyl (C=O) groups excluding carboxylic acids is 3. The smallest absolute Gasteiger partial charge is 0.358 e. The first-order valence-corrected chi connectivity index (χ1v) is 11.4. The van der Waals surface area contributed by atoms with Crippen LogP contribution < -0.4 is 10.2 Å². The number of anilines is 1. The molecule has 1 aromatic carbocycles. The van der Waals surface area contributed by atoms with Gasteiger partial charge >= 0.3 is 5.97 Å². The Bertz CT molecular complexity index is 1060. The highest BCUT2D eigenvalue weighted by atomic mass is 19.1. The second-order valence-corrected chi connectivity index (χ2v) is 8.95. The Balaban J connectivity index is 1.73. The van der Waals surface area contributed by atoms with Crippen LogP contribution in [0.2, 0.25) is 0 Å². The van der Waals surface area contributed by atoms with Gasteiger partial charge in [0.15, 0.2) is 5.69 Å². The number of ether oxygens (including phenoxy) is 1. The Morgan fingerprint density at radius 1 is 1.15 bits per heavy atom. The van der Waals surface area contributed by atoms with Gasteiger partial charge in [-0.1, -0.05) is 44.2 Å². The maximum Gasteiger partial charge on any atom is 0.358 e. The number of methoxy groups -OCH3 is 1. The molecule has 2 aliphatic rings. The van der Waals surface area contributed by atoms with Gasteiger partial charge in [-0.15, -0.1) is 0 Å². The number of rotatable bonds is 4. The number of benzene rings is 1. The summed E-state index contributed by atoms with van der Waals surface area (Å²) in [6, 6.07) is 7.18. The summed E-state index contributed by atoms with van der Waals surface area (Å²) >= 11 is 0. The van der Waals surface area contributed by atoms with E-state index >= 15 is 0 Å². The number of nitrogens with one attached hydrogen (secondary N) is 1. The summed E-state index contributed by atoms with van der Waals surface area (Å²) in [4.78, 5) is 40.4. The first kappa shape index (κ1) is 22.9. The molecular formula is C24H29FN4O4. The molecule has 0 saturated heterocycles. The van der Waals surface area contributed by atoms with Gasteiger partial charge in [-0.05, 0) is 31.9 Å².